The molecule has 0 aliphatic heterocycles. The van der Waals surface area contributed by atoms with Crippen LogP contribution in [0.5, 0.6) is 0 Å². The summed E-state index contributed by atoms with van der Waals surface area (Å²) in [6, 6.07) is -3.80. The summed E-state index contributed by atoms with van der Waals surface area (Å²) in [6.07, 6.45) is 0.0904. The molecule has 0 aliphatic carbocycles. The first-order valence-corrected chi connectivity index (χ1v) is 7.12. The molecule has 0 fully saturated rings. The fourth-order valence-corrected chi connectivity index (χ4v) is 1.72. The average molecular weight is 332 g/mol. The molecule has 8 N–H and O–H groups in total. The topological polar surface area (TPSA) is 185 Å². The Morgan fingerprint density at radius 1 is 1.13 bits per heavy atom. The highest BCUT2D eigenvalue weighted by Crippen LogP contribution is 2.08. The van der Waals surface area contributed by atoms with Crippen LogP contribution in [0, 0.1) is 5.92 Å². The van der Waals surface area contributed by atoms with Gasteiger partial charge in [-0.25, -0.2) is 4.79 Å². The Kier molecular flexibility index (Phi) is 8.81. The normalized spacial score (nSPS) is 15.8. The number of carbonyl (C=O) groups excluding carboxylic acids is 3. The average Bonchev–Trinajstić information content (AvgIpc) is 2.47. The monoisotopic (exact) mass is 332 g/mol. The predicted molar refractivity (Wildman–Crippen MR) is 79.8 cm³/mol. The van der Waals surface area contributed by atoms with Crippen molar-refractivity contribution < 1.29 is 29.4 Å². The highest BCUT2D eigenvalue weighted by molar-refractivity contribution is 5.93. The lowest BCUT2D eigenvalue weighted by Gasteiger charge is -2.24. The van der Waals surface area contributed by atoms with Gasteiger partial charge in [0.25, 0.3) is 0 Å². The lowest BCUT2D eigenvalue weighted by atomic mass is 9.99. The van der Waals surface area contributed by atoms with Gasteiger partial charge in [-0.15, -0.1) is 0 Å². The van der Waals surface area contributed by atoms with Gasteiger partial charge < -0.3 is 32.3 Å². The van der Waals surface area contributed by atoms with Crippen molar-refractivity contribution in [1.29, 1.82) is 0 Å². The quantitative estimate of drug-likeness (QED) is 0.251. The second kappa shape index (κ2) is 9.74. The number of hydrogen-bond acceptors (Lipinski definition) is 6. The van der Waals surface area contributed by atoms with Gasteiger partial charge in [0.2, 0.25) is 17.7 Å². The molecule has 0 aromatic rings. The van der Waals surface area contributed by atoms with E-state index in [0.29, 0.717) is 6.42 Å². The minimum atomic E-state index is -1.38. The van der Waals surface area contributed by atoms with Crippen molar-refractivity contribution in [3.8, 4) is 0 Å². The number of aliphatic carboxylic acids is 1. The second-order valence-electron chi connectivity index (χ2n) is 5.23. The Morgan fingerprint density at radius 3 is 2.09 bits per heavy atom. The minimum absolute atomic E-state index is 0.344. The lowest BCUT2D eigenvalue weighted by molar-refractivity contribution is -0.144. The van der Waals surface area contributed by atoms with E-state index >= 15 is 0 Å². The van der Waals surface area contributed by atoms with E-state index in [1.807, 2.05) is 0 Å². The molecule has 0 saturated heterocycles. The van der Waals surface area contributed by atoms with Gasteiger partial charge in [-0.1, -0.05) is 20.3 Å². The van der Waals surface area contributed by atoms with Gasteiger partial charge in [-0.2, -0.15) is 0 Å². The number of carbonyl (C=O) groups is 4. The van der Waals surface area contributed by atoms with Crippen LogP contribution in [0.15, 0.2) is 0 Å². The molecule has 10 nitrogen and oxygen atoms in total. The molecule has 0 bridgehead atoms. The maximum absolute atomic E-state index is 12.0. The second-order valence-corrected chi connectivity index (χ2v) is 5.23. The van der Waals surface area contributed by atoms with E-state index in [4.69, 9.17) is 16.6 Å². The number of rotatable bonds is 10. The first kappa shape index (κ1) is 20.8. The van der Waals surface area contributed by atoms with E-state index in [0.717, 1.165) is 0 Å². The fraction of sp³-hybridized carbons (Fsp3) is 0.692. The maximum atomic E-state index is 12.0. The summed E-state index contributed by atoms with van der Waals surface area (Å²) in [5.74, 6) is -4.07. The van der Waals surface area contributed by atoms with Gasteiger partial charge in [0.15, 0.2) is 0 Å². The third kappa shape index (κ3) is 7.06. The predicted octanol–water partition coefficient (Wildman–Crippen LogP) is -2.72. The Morgan fingerprint density at radius 2 is 1.70 bits per heavy atom. The zero-order valence-corrected chi connectivity index (χ0v) is 13.1. The van der Waals surface area contributed by atoms with E-state index in [1.165, 1.54) is 0 Å². The standard InChI is InChI=1S/C13H24N4O6/c1-3-6(2)10(13(22)23)17-12(21)8(5-18)16-11(20)7(14)4-9(15)19/h6-8,10,18H,3-5,14H2,1-2H3,(H2,15,19)(H,16,20)(H,17,21)(H,22,23). The summed E-state index contributed by atoms with van der Waals surface area (Å²) in [5.41, 5.74) is 10.3. The van der Waals surface area contributed by atoms with Crippen LogP contribution >= 0.6 is 0 Å². The van der Waals surface area contributed by atoms with Crippen LogP contribution in [0.1, 0.15) is 26.7 Å². The lowest BCUT2D eigenvalue weighted by Crippen LogP contribution is -2.57. The molecule has 0 radical (unpaired) electrons. The van der Waals surface area contributed by atoms with Crippen molar-refractivity contribution >= 4 is 23.7 Å². The van der Waals surface area contributed by atoms with Crippen LogP contribution in [0.4, 0.5) is 0 Å². The number of nitrogens with two attached hydrogens (primary N) is 2. The van der Waals surface area contributed by atoms with Gasteiger partial charge in [0, 0.05) is 0 Å². The number of aliphatic hydroxyl groups excluding tert-OH is 1. The van der Waals surface area contributed by atoms with Crippen LogP contribution in [0.2, 0.25) is 0 Å². The Labute approximate surface area is 133 Å². The molecule has 4 unspecified atom stereocenters. The fourth-order valence-electron chi connectivity index (χ4n) is 1.72. The van der Waals surface area contributed by atoms with Gasteiger partial charge >= 0.3 is 5.97 Å². The van der Waals surface area contributed by atoms with Crippen molar-refractivity contribution in [2.24, 2.45) is 17.4 Å². The largest absolute Gasteiger partial charge is 0.480 e. The number of hydrogen-bond donors (Lipinski definition) is 6. The SMILES string of the molecule is CCC(C)C(NC(=O)C(CO)NC(=O)C(N)CC(N)=O)C(=O)O. The summed E-state index contributed by atoms with van der Waals surface area (Å²) in [5, 5.41) is 22.7. The smallest absolute Gasteiger partial charge is 0.326 e. The molecule has 23 heavy (non-hydrogen) atoms. The molecule has 0 saturated carbocycles. The Bertz CT molecular complexity index is 456. The van der Waals surface area contributed by atoms with Crippen molar-refractivity contribution in [3.05, 3.63) is 0 Å². The van der Waals surface area contributed by atoms with E-state index in [9.17, 15) is 24.3 Å². The van der Waals surface area contributed by atoms with Gasteiger partial charge in [0.05, 0.1) is 19.1 Å². The van der Waals surface area contributed by atoms with Gasteiger partial charge in [0.1, 0.15) is 12.1 Å². The number of carboxylic acid groups (broad SMARTS) is 1. The molecular weight excluding hydrogens is 308 g/mol. The minimum Gasteiger partial charge on any atom is -0.480 e. The van der Waals surface area contributed by atoms with Crippen LogP contribution < -0.4 is 22.1 Å². The summed E-state index contributed by atoms with van der Waals surface area (Å²) in [4.78, 5) is 45.6. The van der Waals surface area contributed by atoms with Crippen LogP contribution in [0.25, 0.3) is 0 Å². The zero-order chi connectivity index (χ0) is 18.2. The summed E-state index contributed by atoms with van der Waals surface area (Å²) < 4.78 is 0. The molecule has 10 heteroatoms. The number of amides is 3. The van der Waals surface area contributed by atoms with Crippen molar-refractivity contribution in [1.82, 2.24) is 10.6 Å². The molecule has 0 rings (SSSR count). The van der Waals surface area contributed by atoms with Gasteiger partial charge in [-0.3, -0.25) is 14.4 Å². The summed E-state index contributed by atoms with van der Waals surface area (Å²) in [7, 11) is 0. The third-order valence-corrected chi connectivity index (χ3v) is 3.35. The van der Waals surface area contributed by atoms with Gasteiger partial charge in [-0.05, 0) is 5.92 Å². The van der Waals surface area contributed by atoms with Crippen molar-refractivity contribution in [2.75, 3.05) is 6.61 Å². The summed E-state index contributed by atoms with van der Waals surface area (Å²) in [6.45, 7) is 2.66. The van der Waals surface area contributed by atoms with Crippen LogP contribution in [-0.2, 0) is 19.2 Å². The molecule has 3 amide bonds. The molecule has 0 aromatic carbocycles. The zero-order valence-electron chi connectivity index (χ0n) is 13.1. The molecule has 0 aromatic heterocycles. The number of nitrogens with one attached hydrogen (secondary N) is 2. The molecule has 132 valence electrons. The van der Waals surface area contributed by atoms with Crippen molar-refractivity contribution in [3.63, 3.8) is 0 Å². The van der Waals surface area contributed by atoms with E-state index in [2.05, 4.69) is 10.6 Å². The number of carboxylic acids is 1. The van der Waals surface area contributed by atoms with E-state index in [-0.39, 0.29) is 5.92 Å². The molecule has 0 heterocycles. The highest BCUT2D eigenvalue weighted by atomic mass is 16.4. The molecule has 4 atom stereocenters. The van der Waals surface area contributed by atoms with Crippen LogP contribution in [-0.4, -0.2) is 58.6 Å². The molecular formula is C13H24N4O6. The Hall–Kier alpha value is -2.20. The summed E-state index contributed by atoms with van der Waals surface area (Å²) >= 11 is 0. The number of aliphatic hydroxyl groups is 1. The molecule has 0 aliphatic rings. The van der Waals surface area contributed by atoms with E-state index < -0.39 is 54.8 Å². The molecule has 0 spiro atoms. The third-order valence-electron chi connectivity index (χ3n) is 3.35. The van der Waals surface area contributed by atoms with Crippen LogP contribution in [0.3, 0.4) is 0 Å². The van der Waals surface area contributed by atoms with Crippen molar-refractivity contribution in [2.45, 2.75) is 44.8 Å². The first-order valence-electron chi connectivity index (χ1n) is 7.12. The number of primary amides is 1. The maximum Gasteiger partial charge on any atom is 0.326 e. The Balaban J connectivity index is 4.82. The van der Waals surface area contributed by atoms with E-state index in [1.54, 1.807) is 13.8 Å². The first-order chi connectivity index (χ1) is 10.6. The highest BCUT2D eigenvalue weighted by Gasteiger charge is 2.30.